The SMILES string of the molecule is CCNC(=NCC(O)Cc1ccccc1)NC1CCN(Cc2ccccn2)CC1. The lowest BCUT2D eigenvalue weighted by Crippen LogP contribution is -2.48. The molecule has 1 aromatic carbocycles. The number of piperidine rings is 1. The van der Waals surface area contributed by atoms with Gasteiger partial charge in [-0.05, 0) is 37.5 Å². The summed E-state index contributed by atoms with van der Waals surface area (Å²) < 4.78 is 0. The Kier molecular flexibility index (Phi) is 8.46. The van der Waals surface area contributed by atoms with Crippen LogP contribution in [0.15, 0.2) is 59.7 Å². The molecule has 0 radical (unpaired) electrons. The molecule has 2 heterocycles. The second-order valence-electron chi connectivity index (χ2n) is 7.58. The Bertz CT molecular complexity index is 729. The van der Waals surface area contributed by atoms with Gasteiger partial charge in [-0.3, -0.25) is 14.9 Å². The first-order valence-corrected chi connectivity index (χ1v) is 10.6. The van der Waals surface area contributed by atoms with Crippen molar-refractivity contribution in [2.45, 2.75) is 44.9 Å². The third-order valence-electron chi connectivity index (χ3n) is 5.16. The highest BCUT2D eigenvalue weighted by molar-refractivity contribution is 5.80. The average Bonchev–Trinajstić information content (AvgIpc) is 2.75. The predicted octanol–water partition coefficient (Wildman–Crippen LogP) is 2.20. The number of nitrogens with zero attached hydrogens (tertiary/aromatic N) is 3. The van der Waals surface area contributed by atoms with Crippen LogP contribution in [-0.2, 0) is 13.0 Å². The molecule has 0 bridgehead atoms. The monoisotopic (exact) mass is 395 g/mol. The second kappa shape index (κ2) is 11.5. The van der Waals surface area contributed by atoms with Crippen LogP contribution in [0.25, 0.3) is 0 Å². The lowest BCUT2D eigenvalue weighted by Gasteiger charge is -2.32. The maximum Gasteiger partial charge on any atom is 0.191 e. The van der Waals surface area contributed by atoms with Crippen LogP contribution in [0.1, 0.15) is 31.0 Å². The normalized spacial score (nSPS) is 17.1. The summed E-state index contributed by atoms with van der Waals surface area (Å²) in [5.74, 6) is 0.794. The molecule has 1 unspecified atom stereocenters. The van der Waals surface area contributed by atoms with Crippen molar-refractivity contribution in [2.75, 3.05) is 26.2 Å². The summed E-state index contributed by atoms with van der Waals surface area (Å²) in [5, 5.41) is 17.2. The molecule has 1 aliphatic heterocycles. The molecular formula is C23H33N5O. The van der Waals surface area contributed by atoms with Crippen molar-refractivity contribution in [2.24, 2.45) is 4.99 Å². The molecule has 0 saturated carbocycles. The minimum absolute atomic E-state index is 0.392. The third-order valence-corrected chi connectivity index (χ3v) is 5.16. The first-order valence-electron chi connectivity index (χ1n) is 10.6. The average molecular weight is 396 g/mol. The number of aliphatic imine (C=N–C) groups is 1. The van der Waals surface area contributed by atoms with Crippen LogP contribution >= 0.6 is 0 Å². The Morgan fingerprint density at radius 3 is 2.62 bits per heavy atom. The third kappa shape index (κ3) is 7.48. The first-order chi connectivity index (χ1) is 14.2. The molecule has 0 spiro atoms. The van der Waals surface area contributed by atoms with Gasteiger partial charge < -0.3 is 15.7 Å². The van der Waals surface area contributed by atoms with Crippen molar-refractivity contribution in [1.29, 1.82) is 0 Å². The standard InChI is InChI=1S/C23H33N5O/c1-2-24-23(26-17-22(29)16-19-8-4-3-5-9-19)27-20-11-14-28(15-12-20)18-21-10-6-7-13-25-21/h3-10,13,20,22,29H,2,11-12,14-18H2,1H3,(H2,24,26,27). The van der Waals surface area contributed by atoms with E-state index in [1.807, 2.05) is 48.7 Å². The van der Waals surface area contributed by atoms with Crippen LogP contribution in [0.3, 0.4) is 0 Å². The van der Waals surface area contributed by atoms with Crippen LogP contribution in [0.4, 0.5) is 0 Å². The minimum atomic E-state index is -0.479. The van der Waals surface area contributed by atoms with E-state index in [1.54, 1.807) is 0 Å². The Balaban J connectivity index is 1.44. The van der Waals surface area contributed by atoms with Crippen LogP contribution in [0.5, 0.6) is 0 Å². The van der Waals surface area contributed by atoms with Crippen LogP contribution in [0.2, 0.25) is 0 Å². The van der Waals surface area contributed by atoms with Gasteiger partial charge in [-0.25, -0.2) is 0 Å². The Hall–Kier alpha value is -2.44. The molecule has 6 heteroatoms. The van der Waals surface area contributed by atoms with E-state index < -0.39 is 6.10 Å². The fraction of sp³-hybridized carbons (Fsp3) is 0.478. The molecule has 3 rings (SSSR count). The zero-order valence-corrected chi connectivity index (χ0v) is 17.3. The molecule has 1 aliphatic rings. The van der Waals surface area contributed by atoms with Crippen molar-refractivity contribution in [3.8, 4) is 0 Å². The number of nitrogens with one attached hydrogen (secondary N) is 2. The fourth-order valence-electron chi connectivity index (χ4n) is 3.62. The highest BCUT2D eigenvalue weighted by Gasteiger charge is 2.20. The lowest BCUT2D eigenvalue weighted by atomic mass is 10.0. The largest absolute Gasteiger partial charge is 0.391 e. The van der Waals surface area contributed by atoms with Crippen molar-refractivity contribution in [1.82, 2.24) is 20.5 Å². The highest BCUT2D eigenvalue weighted by atomic mass is 16.3. The summed E-state index contributed by atoms with van der Waals surface area (Å²) in [6, 6.07) is 16.5. The Morgan fingerprint density at radius 1 is 1.17 bits per heavy atom. The summed E-state index contributed by atoms with van der Waals surface area (Å²) in [6.45, 7) is 6.26. The number of aromatic nitrogens is 1. The maximum atomic E-state index is 10.3. The predicted molar refractivity (Wildman–Crippen MR) is 118 cm³/mol. The zero-order chi connectivity index (χ0) is 20.3. The first kappa shape index (κ1) is 21.3. The number of aliphatic hydroxyl groups excluding tert-OH is 1. The van der Waals surface area contributed by atoms with Crippen molar-refractivity contribution < 1.29 is 5.11 Å². The van der Waals surface area contributed by atoms with E-state index in [4.69, 9.17) is 0 Å². The molecule has 1 fully saturated rings. The molecule has 1 saturated heterocycles. The van der Waals surface area contributed by atoms with Crippen LogP contribution in [-0.4, -0.2) is 59.3 Å². The number of guanidine groups is 1. The quantitative estimate of drug-likeness (QED) is 0.472. The molecule has 0 aliphatic carbocycles. The number of aliphatic hydroxyl groups is 1. The number of rotatable bonds is 8. The van der Waals surface area contributed by atoms with E-state index in [-0.39, 0.29) is 0 Å². The number of hydrogen-bond donors (Lipinski definition) is 3. The summed E-state index contributed by atoms with van der Waals surface area (Å²) in [7, 11) is 0. The van der Waals surface area contributed by atoms with Gasteiger partial charge >= 0.3 is 0 Å². The molecular weight excluding hydrogens is 362 g/mol. The molecule has 156 valence electrons. The van der Waals surface area contributed by atoms with Gasteiger partial charge in [0.2, 0.25) is 0 Å². The van der Waals surface area contributed by atoms with Gasteiger partial charge in [0, 0.05) is 44.8 Å². The molecule has 1 aromatic heterocycles. The number of pyridine rings is 1. The highest BCUT2D eigenvalue weighted by Crippen LogP contribution is 2.13. The molecule has 6 nitrogen and oxygen atoms in total. The van der Waals surface area contributed by atoms with Gasteiger partial charge in [0.25, 0.3) is 0 Å². The molecule has 3 N–H and O–H groups in total. The summed E-state index contributed by atoms with van der Waals surface area (Å²) >= 11 is 0. The lowest BCUT2D eigenvalue weighted by molar-refractivity contribution is 0.183. The number of likely N-dealkylation sites (tertiary alicyclic amines) is 1. The zero-order valence-electron chi connectivity index (χ0n) is 17.3. The molecule has 29 heavy (non-hydrogen) atoms. The van der Waals surface area contributed by atoms with Gasteiger partial charge in [-0.15, -0.1) is 0 Å². The molecule has 0 amide bonds. The van der Waals surface area contributed by atoms with Gasteiger partial charge in [-0.2, -0.15) is 0 Å². The van der Waals surface area contributed by atoms with E-state index in [9.17, 15) is 5.11 Å². The molecule has 2 aromatic rings. The van der Waals surface area contributed by atoms with Gasteiger partial charge in [0.1, 0.15) is 0 Å². The van der Waals surface area contributed by atoms with E-state index in [0.717, 1.165) is 56.2 Å². The van der Waals surface area contributed by atoms with Crippen molar-refractivity contribution in [3.05, 3.63) is 66.0 Å². The smallest absolute Gasteiger partial charge is 0.191 e. The summed E-state index contributed by atoms with van der Waals surface area (Å²) in [5.41, 5.74) is 2.26. The fourth-order valence-corrected chi connectivity index (χ4v) is 3.62. The van der Waals surface area contributed by atoms with Crippen LogP contribution in [0, 0.1) is 0 Å². The van der Waals surface area contributed by atoms with E-state index in [2.05, 4.69) is 38.5 Å². The Labute approximate surface area is 174 Å². The molecule has 1 atom stereocenters. The second-order valence-corrected chi connectivity index (χ2v) is 7.58. The summed E-state index contributed by atoms with van der Waals surface area (Å²) in [4.78, 5) is 11.5. The number of benzene rings is 1. The maximum absolute atomic E-state index is 10.3. The van der Waals surface area contributed by atoms with E-state index in [0.29, 0.717) is 19.0 Å². The van der Waals surface area contributed by atoms with Crippen LogP contribution < -0.4 is 10.6 Å². The van der Waals surface area contributed by atoms with Gasteiger partial charge in [0.15, 0.2) is 5.96 Å². The van der Waals surface area contributed by atoms with Gasteiger partial charge in [0.05, 0.1) is 18.3 Å². The van der Waals surface area contributed by atoms with Gasteiger partial charge in [-0.1, -0.05) is 36.4 Å². The topological polar surface area (TPSA) is 72.8 Å². The number of hydrogen-bond acceptors (Lipinski definition) is 4. The van der Waals surface area contributed by atoms with E-state index in [1.165, 1.54) is 0 Å². The van der Waals surface area contributed by atoms with E-state index >= 15 is 0 Å². The van der Waals surface area contributed by atoms with Crippen molar-refractivity contribution in [3.63, 3.8) is 0 Å². The van der Waals surface area contributed by atoms with Crippen molar-refractivity contribution >= 4 is 5.96 Å². The minimum Gasteiger partial charge on any atom is -0.391 e. The summed E-state index contributed by atoms with van der Waals surface area (Å²) in [6.07, 6.45) is 4.14. The Morgan fingerprint density at radius 2 is 1.93 bits per heavy atom.